The molecule has 0 aliphatic carbocycles. The Morgan fingerprint density at radius 2 is 1.55 bits per heavy atom. The first-order chi connectivity index (χ1) is 9.76. The number of carboxylic acid groups (broad SMARTS) is 1. The number of aryl methyl sites for hydroxylation is 1. The summed E-state index contributed by atoms with van der Waals surface area (Å²) in [6.07, 6.45) is 0. The zero-order chi connectivity index (χ0) is 17.5. The number of aliphatic carboxylic acids is 1. The summed E-state index contributed by atoms with van der Waals surface area (Å²) in [6.45, 7) is 1.42. The maximum absolute atomic E-state index is 13.5. The fraction of sp³-hybridized carbons (Fsp3) is 0.333. The number of hydrogen-bond acceptors (Lipinski definition) is 2. The molecule has 0 fully saturated rings. The number of hydrogen-bond donors (Lipinski definition) is 1. The molecule has 0 unspecified atom stereocenters. The molecule has 10 heteroatoms. The lowest BCUT2D eigenvalue weighted by Gasteiger charge is -2.29. The molecule has 0 aliphatic heterocycles. The van der Waals surface area contributed by atoms with Crippen LogP contribution in [-0.4, -0.2) is 34.6 Å². The van der Waals surface area contributed by atoms with Crippen molar-refractivity contribution in [2.45, 2.75) is 24.7 Å². The highest BCUT2D eigenvalue weighted by atomic mass is 35.5. The van der Waals surface area contributed by atoms with E-state index in [1.165, 1.54) is 6.92 Å². The minimum atomic E-state index is -6.43. The SMILES string of the molecule is Cc1ccc(C(=O)C(F)(F)C(F)(F)C(F)(F)C(=O)O)cc1Cl. The third-order valence-electron chi connectivity index (χ3n) is 2.78. The van der Waals surface area contributed by atoms with Gasteiger partial charge in [0.1, 0.15) is 0 Å². The summed E-state index contributed by atoms with van der Waals surface area (Å²) >= 11 is 5.54. The molecular weight excluding hydrogens is 342 g/mol. The van der Waals surface area contributed by atoms with Crippen LogP contribution >= 0.6 is 11.6 Å². The van der Waals surface area contributed by atoms with Crippen molar-refractivity contribution in [1.82, 2.24) is 0 Å². The first-order valence-electron chi connectivity index (χ1n) is 5.44. The van der Waals surface area contributed by atoms with Gasteiger partial charge in [-0.15, -0.1) is 0 Å². The molecular formula is C12H7ClF6O3. The Morgan fingerprint density at radius 3 is 1.95 bits per heavy atom. The molecule has 122 valence electrons. The van der Waals surface area contributed by atoms with Crippen LogP contribution in [0.1, 0.15) is 15.9 Å². The smallest absolute Gasteiger partial charge is 0.411 e. The highest BCUT2D eigenvalue weighted by molar-refractivity contribution is 6.31. The number of alkyl halides is 6. The van der Waals surface area contributed by atoms with Crippen molar-refractivity contribution in [3.05, 3.63) is 34.3 Å². The van der Waals surface area contributed by atoms with E-state index in [9.17, 15) is 35.9 Å². The van der Waals surface area contributed by atoms with Crippen LogP contribution in [0.5, 0.6) is 0 Å². The van der Waals surface area contributed by atoms with E-state index in [4.69, 9.17) is 16.7 Å². The zero-order valence-electron chi connectivity index (χ0n) is 10.6. The van der Waals surface area contributed by atoms with Crippen LogP contribution in [-0.2, 0) is 4.79 Å². The van der Waals surface area contributed by atoms with Gasteiger partial charge in [0.25, 0.3) is 0 Å². The number of carbonyl (C=O) groups is 2. The quantitative estimate of drug-likeness (QED) is 0.650. The Balaban J connectivity index is 3.35. The van der Waals surface area contributed by atoms with Gasteiger partial charge in [-0.1, -0.05) is 23.7 Å². The Bertz CT molecular complexity index is 629. The van der Waals surface area contributed by atoms with Gasteiger partial charge in [0, 0.05) is 10.6 Å². The van der Waals surface area contributed by atoms with E-state index in [1.54, 1.807) is 0 Å². The van der Waals surface area contributed by atoms with Gasteiger partial charge in [0.2, 0.25) is 5.78 Å². The minimum Gasteiger partial charge on any atom is -0.477 e. The van der Waals surface area contributed by atoms with Gasteiger partial charge in [0.15, 0.2) is 0 Å². The molecule has 0 aliphatic rings. The van der Waals surface area contributed by atoms with Crippen molar-refractivity contribution < 1.29 is 41.0 Å². The first kappa shape index (κ1) is 18.3. The molecule has 1 aromatic rings. The molecule has 0 bridgehead atoms. The van der Waals surface area contributed by atoms with E-state index < -0.39 is 35.1 Å². The Hall–Kier alpha value is -1.77. The lowest BCUT2D eigenvalue weighted by molar-refractivity contribution is -0.285. The molecule has 1 aromatic carbocycles. The number of ketones is 1. The van der Waals surface area contributed by atoms with Crippen LogP contribution in [0.15, 0.2) is 18.2 Å². The number of benzene rings is 1. The molecule has 0 saturated heterocycles. The third kappa shape index (κ3) is 2.65. The summed E-state index contributed by atoms with van der Waals surface area (Å²) in [5, 5.41) is 7.75. The van der Waals surface area contributed by atoms with Gasteiger partial charge in [0.05, 0.1) is 0 Å². The lowest BCUT2D eigenvalue weighted by atomic mass is 9.95. The zero-order valence-corrected chi connectivity index (χ0v) is 11.4. The Kier molecular flexibility index (Phi) is 4.53. The average molecular weight is 349 g/mol. The molecule has 0 atom stereocenters. The van der Waals surface area contributed by atoms with Gasteiger partial charge in [-0.25, -0.2) is 4.79 Å². The Morgan fingerprint density at radius 1 is 1.05 bits per heavy atom. The number of Topliss-reactive ketones (excluding diaryl/α,β-unsaturated/α-hetero) is 1. The van der Waals surface area contributed by atoms with E-state index in [-0.39, 0.29) is 5.02 Å². The highest BCUT2D eigenvalue weighted by Gasteiger charge is 2.78. The second-order valence-electron chi connectivity index (χ2n) is 4.32. The summed E-state index contributed by atoms with van der Waals surface area (Å²) < 4.78 is 79.1. The molecule has 0 saturated carbocycles. The van der Waals surface area contributed by atoms with Gasteiger partial charge in [-0.3, -0.25) is 4.79 Å². The number of carbonyl (C=O) groups excluding carboxylic acids is 1. The van der Waals surface area contributed by atoms with E-state index in [0.717, 1.165) is 6.07 Å². The summed E-state index contributed by atoms with van der Waals surface area (Å²) in [5.74, 6) is -24.7. The van der Waals surface area contributed by atoms with Gasteiger partial charge >= 0.3 is 23.7 Å². The van der Waals surface area contributed by atoms with Crippen molar-refractivity contribution >= 4 is 23.4 Å². The van der Waals surface area contributed by atoms with E-state index >= 15 is 0 Å². The van der Waals surface area contributed by atoms with E-state index in [1.807, 2.05) is 0 Å². The van der Waals surface area contributed by atoms with E-state index in [0.29, 0.717) is 17.7 Å². The first-order valence-corrected chi connectivity index (χ1v) is 5.82. The van der Waals surface area contributed by atoms with Gasteiger partial charge in [-0.2, -0.15) is 26.3 Å². The maximum atomic E-state index is 13.5. The molecule has 3 nitrogen and oxygen atoms in total. The highest BCUT2D eigenvalue weighted by Crippen LogP contribution is 2.47. The predicted octanol–water partition coefficient (Wildman–Crippen LogP) is 3.82. The number of halogens is 7. The van der Waals surface area contributed by atoms with Crippen molar-refractivity contribution in [1.29, 1.82) is 0 Å². The lowest BCUT2D eigenvalue weighted by Crippen LogP contribution is -2.60. The van der Waals surface area contributed by atoms with Crippen LogP contribution < -0.4 is 0 Å². The van der Waals surface area contributed by atoms with Crippen molar-refractivity contribution in [3.63, 3.8) is 0 Å². The molecule has 22 heavy (non-hydrogen) atoms. The summed E-state index contributed by atoms with van der Waals surface area (Å²) in [7, 11) is 0. The molecule has 0 aromatic heterocycles. The molecule has 1 N–H and O–H groups in total. The minimum absolute atomic E-state index is 0.227. The maximum Gasteiger partial charge on any atom is 0.411 e. The van der Waals surface area contributed by atoms with Crippen molar-refractivity contribution in [2.24, 2.45) is 0 Å². The fourth-order valence-corrected chi connectivity index (χ4v) is 1.57. The van der Waals surface area contributed by atoms with E-state index in [2.05, 4.69) is 0 Å². The molecule has 1 rings (SSSR count). The molecule has 0 heterocycles. The van der Waals surface area contributed by atoms with Crippen molar-refractivity contribution in [3.8, 4) is 0 Å². The van der Waals surface area contributed by atoms with Crippen LogP contribution in [0.4, 0.5) is 26.3 Å². The Labute approximate surface area is 124 Å². The second-order valence-corrected chi connectivity index (χ2v) is 4.73. The predicted molar refractivity (Wildman–Crippen MR) is 63.0 cm³/mol. The van der Waals surface area contributed by atoms with Gasteiger partial charge in [-0.05, 0) is 18.6 Å². The normalized spacial score (nSPS) is 13.1. The topological polar surface area (TPSA) is 54.4 Å². The molecule has 0 spiro atoms. The second kappa shape index (κ2) is 5.45. The standard InChI is InChI=1S/C12H7ClF6O3/c1-5-2-3-6(4-7(5)13)8(20)10(14,15)12(18,19)11(16,17)9(21)22/h2-4H,1H3,(H,21,22). The van der Waals surface area contributed by atoms with Crippen LogP contribution in [0.3, 0.4) is 0 Å². The van der Waals surface area contributed by atoms with Gasteiger partial charge < -0.3 is 5.11 Å². The van der Waals surface area contributed by atoms with Crippen molar-refractivity contribution in [2.75, 3.05) is 0 Å². The van der Waals surface area contributed by atoms with Crippen LogP contribution in [0.25, 0.3) is 0 Å². The number of carboxylic acids is 1. The van der Waals surface area contributed by atoms with Crippen LogP contribution in [0.2, 0.25) is 5.02 Å². The monoisotopic (exact) mass is 348 g/mol. The summed E-state index contributed by atoms with van der Waals surface area (Å²) in [6, 6.07) is 2.33. The average Bonchev–Trinajstić information content (AvgIpc) is 2.40. The molecule has 0 amide bonds. The third-order valence-corrected chi connectivity index (χ3v) is 3.18. The summed E-state index contributed by atoms with van der Waals surface area (Å²) in [5.41, 5.74) is -0.731. The largest absolute Gasteiger partial charge is 0.477 e. The summed E-state index contributed by atoms with van der Waals surface area (Å²) in [4.78, 5) is 21.5. The molecule has 0 radical (unpaired) electrons. The van der Waals surface area contributed by atoms with Crippen LogP contribution in [0, 0.1) is 6.92 Å². The fourth-order valence-electron chi connectivity index (χ4n) is 1.39. The number of rotatable bonds is 5.